The van der Waals surface area contributed by atoms with E-state index in [1.165, 1.54) is 6.92 Å². The average molecular weight is 529 g/mol. The third kappa shape index (κ3) is 5.80. The van der Waals surface area contributed by atoms with Gasteiger partial charge in [0.25, 0.3) is 0 Å². The molecule has 0 spiro atoms. The number of hydrogen-bond acceptors (Lipinski definition) is 3. The van der Waals surface area contributed by atoms with E-state index in [9.17, 15) is 31.1 Å². The van der Waals surface area contributed by atoms with Crippen molar-refractivity contribution in [3.8, 4) is 0 Å². The number of rotatable bonds is 5. The van der Waals surface area contributed by atoms with Gasteiger partial charge in [-0.15, -0.1) is 0 Å². The first-order chi connectivity index (χ1) is 17.1. The fraction of sp³-hybridized carbons (Fsp3) is 0.519. The van der Waals surface area contributed by atoms with Crippen molar-refractivity contribution in [3.05, 3.63) is 70.3 Å². The molecular formula is C27H30F6N2O2. The van der Waals surface area contributed by atoms with Crippen molar-refractivity contribution >= 4 is 5.91 Å². The van der Waals surface area contributed by atoms with Gasteiger partial charge in [0.15, 0.2) is 0 Å². The van der Waals surface area contributed by atoms with Crippen molar-refractivity contribution in [2.75, 3.05) is 0 Å². The number of ether oxygens (including phenoxy) is 1. The summed E-state index contributed by atoms with van der Waals surface area (Å²) in [6.07, 6.45) is -9.77. The first kappa shape index (κ1) is 27.4. The van der Waals surface area contributed by atoms with Crippen molar-refractivity contribution in [1.82, 2.24) is 5.32 Å². The minimum Gasteiger partial charge on any atom is -0.370 e. The molecule has 4 rings (SSSR count). The van der Waals surface area contributed by atoms with E-state index in [1.807, 2.05) is 31.2 Å². The maximum absolute atomic E-state index is 13.4. The van der Waals surface area contributed by atoms with Crippen molar-refractivity contribution in [3.63, 3.8) is 0 Å². The molecule has 3 N–H and O–H groups in total. The summed E-state index contributed by atoms with van der Waals surface area (Å²) in [6.45, 7) is 5.07. The Morgan fingerprint density at radius 3 is 2.05 bits per heavy atom. The van der Waals surface area contributed by atoms with Crippen LogP contribution in [0, 0.1) is 12.8 Å². The summed E-state index contributed by atoms with van der Waals surface area (Å²) >= 11 is 0. The number of nitrogens with one attached hydrogen (secondary N) is 1. The molecule has 2 aliphatic rings. The highest BCUT2D eigenvalue weighted by molar-refractivity contribution is 5.88. The quantitative estimate of drug-likeness (QED) is 0.449. The van der Waals surface area contributed by atoms with Gasteiger partial charge in [0.1, 0.15) is 0 Å². The van der Waals surface area contributed by atoms with Gasteiger partial charge in [0.05, 0.1) is 28.9 Å². The van der Waals surface area contributed by atoms with Crippen LogP contribution < -0.4 is 11.1 Å². The SMILES string of the molecule is Cc1ccc([C@@H]2[C@@H](O[C@H](C)c3cc(C(F)(F)F)cc(C(F)(F)F)c3)CC[C@H]2C2C[C@@](C)(N)C(=O)N2)cc1. The lowest BCUT2D eigenvalue weighted by Crippen LogP contribution is -2.43. The fourth-order valence-corrected chi connectivity index (χ4v) is 5.59. The van der Waals surface area contributed by atoms with Crippen LogP contribution in [0.3, 0.4) is 0 Å². The monoisotopic (exact) mass is 528 g/mol. The Kier molecular flexibility index (Phi) is 7.13. The third-order valence-corrected chi connectivity index (χ3v) is 7.56. The fourth-order valence-electron chi connectivity index (χ4n) is 5.59. The van der Waals surface area contributed by atoms with E-state index in [1.54, 1.807) is 6.92 Å². The van der Waals surface area contributed by atoms with Crippen LogP contribution in [0.1, 0.15) is 72.9 Å². The average Bonchev–Trinajstić information content (AvgIpc) is 3.32. The van der Waals surface area contributed by atoms with E-state index >= 15 is 0 Å². The number of halogens is 6. The lowest BCUT2D eigenvalue weighted by atomic mass is 9.80. The van der Waals surface area contributed by atoms with Crippen LogP contribution in [0.2, 0.25) is 0 Å². The van der Waals surface area contributed by atoms with Crippen LogP contribution in [0.4, 0.5) is 26.3 Å². The molecule has 0 aromatic heterocycles. The standard InChI is InChI=1S/C27H30F6N2O2/c1-14-4-6-16(7-5-14)23-20(21-13-25(3,34)24(36)35-21)8-9-22(23)37-15(2)17-10-18(26(28,29)30)12-19(11-17)27(31,32)33/h4-7,10-12,15,20-23H,8-9,13,34H2,1-3H3,(H,35,36)/t15-,20+,21?,22+,23+,25-/m1/s1. The van der Waals surface area contributed by atoms with E-state index in [0.717, 1.165) is 11.1 Å². The molecule has 2 aromatic rings. The van der Waals surface area contributed by atoms with Crippen molar-refractivity contribution in [1.29, 1.82) is 0 Å². The summed E-state index contributed by atoms with van der Waals surface area (Å²) < 4.78 is 86.5. The van der Waals surface area contributed by atoms with E-state index in [0.29, 0.717) is 31.4 Å². The second kappa shape index (κ2) is 9.62. The molecule has 1 saturated heterocycles. The number of amides is 1. The Hall–Kier alpha value is -2.59. The zero-order valence-corrected chi connectivity index (χ0v) is 20.7. The van der Waals surface area contributed by atoms with E-state index in [-0.39, 0.29) is 35.4 Å². The highest BCUT2D eigenvalue weighted by Gasteiger charge is 2.49. The van der Waals surface area contributed by atoms with Gasteiger partial charge in [0, 0.05) is 12.0 Å². The maximum atomic E-state index is 13.4. The summed E-state index contributed by atoms with van der Waals surface area (Å²) in [5.74, 6) is -0.529. The first-order valence-electron chi connectivity index (χ1n) is 12.2. The number of alkyl halides is 6. The summed E-state index contributed by atoms with van der Waals surface area (Å²) in [5, 5.41) is 2.98. The molecule has 1 saturated carbocycles. The van der Waals surface area contributed by atoms with E-state index in [4.69, 9.17) is 10.5 Å². The predicted molar refractivity (Wildman–Crippen MR) is 126 cm³/mol. The van der Waals surface area contributed by atoms with E-state index < -0.39 is 41.2 Å². The van der Waals surface area contributed by atoms with Crippen LogP contribution in [-0.4, -0.2) is 23.6 Å². The Morgan fingerprint density at radius 2 is 1.57 bits per heavy atom. The minimum absolute atomic E-state index is 0.0542. The van der Waals surface area contributed by atoms with Crippen molar-refractivity contribution in [2.45, 2.75) is 82.1 Å². The molecule has 10 heteroatoms. The molecule has 4 nitrogen and oxygen atoms in total. The number of benzene rings is 2. The van der Waals surface area contributed by atoms with Crippen LogP contribution in [0.15, 0.2) is 42.5 Å². The lowest BCUT2D eigenvalue weighted by molar-refractivity contribution is -0.143. The molecule has 6 atom stereocenters. The second-order valence-corrected chi connectivity index (χ2v) is 10.5. The van der Waals surface area contributed by atoms with Gasteiger partial charge in [-0.2, -0.15) is 26.3 Å². The second-order valence-electron chi connectivity index (χ2n) is 10.5. The molecule has 1 aliphatic carbocycles. The van der Waals surface area contributed by atoms with E-state index in [2.05, 4.69) is 5.32 Å². The Labute approximate surface area is 211 Å². The van der Waals surface area contributed by atoms with Gasteiger partial charge in [-0.3, -0.25) is 4.79 Å². The molecule has 0 radical (unpaired) electrons. The number of aryl methyl sites for hydroxylation is 1. The highest BCUT2D eigenvalue weighted by Crippen LogP contribution is 2.47. The van der Waals surface area contributed by atoms with Crippen molar-refractivity contribution in [2.24, 2.45) is 11.7 Å². The normalized spacial score (nSPS) is 29.4. The van der Waals surface area contributed by atoms with Gasteiger partial charge in [-0.1, -0.05) is 29.8 Å². The Morgan fingerprint density at radius 1 is 1.00 bits per heavy atom. The zero-order chi connectivity index (χ0) is 27.3. The Balaban J connectivity index is 1.65. The van der Waals surface area contributed by atoms with Crippen molar-refractivity contribution < 1.29 is 35.9 Å². The topological polar surface area (TPSA) is 64.3 Å². The van der Waals surface area contributed by atoms with Gasteiger partial charge >= 0.3 is 12.4 Å². The molecule has 1 unspecified atom stereocenters. The molecular weight excluding hydrogens is 498 g/mol. The molecule has 1 amide bonds. The first-order valence-corrected chi connectivity index (χ1v) is 12.2. The molecule has 0 bridgehead atoms. The minimum atomic E-state index is -4.94. The third-order valence-electron chi connectivity index (χ3n) is 7.56. The maximum Gasteiger partial charge on any atom is 0.416 e. The van der Waals surface area contributed by atoms with Gasteiger partial charge in [-0.25, -0.2) is 0 Å². The molecule has 37 heavy (non-hydrogen) atoms. The van der Waals surface area contributed by atoms with Crippen LogP contribution in [0.25, 0.3) is 0 Å². The predicted octanol–water partition coefficient (Wildman–Crippen LogP) is 6.28. The van der Waals surface area contributed by atoms with Gasteiger partial charge in [0.2, 0.25) is 5.91 Å². The van der Waals surface area contributed by atoms with Gasteiger partial charge in [-0.05, 0) is 75.3 Å². The molecule has 1 heterocycles. The number of nitrogens with two attached hydrogens (primary N) is 1. The van der Waals surface area contributed by atoms with Gasteiger partial charge < -0.3 is 15.8 Å². The Bertz CT molecular complexity index is 1110. The molecule has 2 fully saturated rings. The summed E-state index contributed by atoms with van der Waals surface area (Å²) in [7, 11) is 0. The lowest BCUT2D eigenvalue weighted by Gasteiger charge is -2.31. The smallest absolute Gasteiger partial charge is 0.370 e. The summed E-state index contributed by atoms with van der Waals surface area (Å²) in [5.41, 5.74) is 4.17. The largest absolute Gasteiger partial charge is 0.416 e. The van der Waals surface area contributed by atoms with Crippen LogP contribution >= 0.6 is 0 Å². The van der Waals surface area contributed by atoms with Crippen LogP contribution in [0.5, 0.6) is 0 Å². The zero-order valence-electron chi connectivity index (χ0n) is 20.7. The molecule has 2 aromatic carbocycles. The highest BCUT2D eigenvalue weighted by atomic mass is 19.4. The van der Waals surface area contributed by atoms with Crippen LogP contribution in [-0.2, 0) is 21.9 Å². The summed E-state index contributed by atoms with van der Waals surface area (Å²) in [6, 6.07) is 9.09. The number of carbonyl (C=O) groups is 1. The molecule has 1 aliphatic heterocycles. The number of hydrogen-bond donors (Lipinski definition) is 2. The molecule has 202 valence electrons. The number of carbonyl (C=O) groups excluding carboxylic acids is 1. The summed E-state index contributed by atoms with van der Waals surface area (Å²) in [4.78, 5) is 12.4.